The highest BCUT2D eigenvalue weighted by molar-refractivity contribution is 5.93. The Bertz CT molecular complexity index is 871. The minimum atomic E-state index is -4.59. The first-order valence-electron chi connectivity index (χ1n) is 8.69. The highest BCUT2D eigenvalue weighted by Crippen LogP contribution is 2.34. The number of benzene rings is 2. The number of para-hydroxylation sites is 1. The second kappa shape index (κ2) is 9.51. The lowest BCUT2D eigenvalue weighted by Crippen LogP contribution is -2.39. The number of nitrogens with zero attached hydrogens (tertiary/aromatic N) is 2. The number of amides is 2. The summed E-state index contributed by atoms with van der Waals surface area (Å²) in [7, 11) is 3.05. The van der Waals surface area contributed by atoms with Crippen molar-refractivity contribution in [3.05, 3.63) is 65.5 Å². The zero-order valence-corrected chi connectivity index (χ0v) is 16.0. The van der Waals surface area contributed by atoms with Gasteiger partial charge in [0, 0.05) is 13.6 Å². The summed E-state index contributed by atoms with van der Waals surface area (Å²) in [6.45, 7) is -0.207. The van der Waals surface area contributed by atoms with Crippen LogP contribution < -0.4 is 5.32 Å². The molecule has 5 nitrogen and oxygen atoms in total. The van der Waals surface area contributed by atoms with Gasteiger partial charge >= 0.3 is 6.18 Å². The molecule has 2 amide bonds. The Balaban J connectivity index is 1.89. The Kier molecular flexibility index (Phi) is 7.33. The van der Waals surface area contributed by atoms with E-state index in [1.807, 2.05) is 0 Å². The van der Waals surface area contributed by atoms with E-state index in [9.17, 15) is 27.2 Å². The maximum absolute atomic E-state index is 13.2. The van der Waals surface area contributed by atoms with Crippen LogP contribution in [0.3, 0.4) is 0 Å². The lowest BCUT2D eigenvalue weighted by Gasteiger charge is -2.22. The van der Waals surface area contributed by atoms with Crippen LogP contribution in [0, 0.1) is 5.82 Å². The summed E-state index contributed by atoms with van der Waals surface area (Å²) in [6, 6.07) is 10.5. The number of nitrogens with one attached hydrogen (secondary N) is 1. The van der Waals surface area contributed by atoms with Crippen LogP contribution in [0.15, 0.2) is 48.5 Å². The van der Waals surface area contributed by atoms with Gasteiger partial charge in [-0.05, 0) is 36.9 Å². The van der Waals surface area contributed by atoms with Crippen LogP contribution in [0.2, 0.25) is 0 Å². The number of carbonyl (C=O) groups excluding carboxylic acids is 2. The molecule has 0 unspecified atom stereocenters. The standard InChI is InChI=1S/C20H21F4N3O2/c1-26(13-19(29)27(2)11-14-6-5-7-15(21)10-14)12-18(28)25-17-9-4-3-8-16(17)20(22,23)24/h3-10H,11-13H2,1-2H3,(H,25,28). The predicted molar refractivity (Wildman–Crippen MR) is 100 cm³/mol. The topological polar surface area (TPSA) is 52.7 Å². The molecule has 2 aromatic carbocycles. The fraction of sp³-hybridized carbons (Fsp3) is 0.300. The number of carbonyl (C=O) groups is 2. The second-order valence-corrected chi connectivity index (χ2v) is 6.64. The Morgan fingerprint density at radius 2 is 1.69 bits per heavy atom. The number of halogens is 4. The molecule has 0 aliphatic heterocycles. The Morgan fingerprint density at radius 1 is 1.00 bits per heavy atom. The van der Waals surface area contributed by atoms with E-state index in [1.54, 1.807) is 13.1 Å². The molecule has 1 N–H and O–H groups in total. The summed E-state index contributed by atoms with van der Waals surface area (Å²) < 4.78 is 52.2. The average molecular weight is 411 g/mol. The van der Waals surface area contributed by atoms with Crippen LogP contribution in [0.4, 0.5) is 23.2 Å². The third-order valence-electron chi connectivity index (χ3n) is 4.06. The number of likely N-dealkylation sites (N-methyl/N-ethyl adjacent to an activating group) is 2. The average Bonchev–Trinajstić information content (AvgIpc) is 2.60. The summed E-state index contributed by atoms with van der Waals surface area (Å²) in [5.74, 6) is -1.40. The number of anilines is 1. The third-order valence-corrected chi connectivity index (χ3v) is 4.06. The Labute approximate surface area is 165 Å². The molecule has 29 heavy (non-hydrogen) atoms. The summed E-state index contributed by atoms with van der Waals surface area (Å²) in [6.07, 6.45) is -4.59. The molecule has 0 aliphatic carbocycles. The molecule has 156 valence electrons. The van der Waals surface area contributed by atoms with Crippen molar-refractivity contribution < 1.29 is 27.2 Å². The number of rotatable bonds is 7. The van der Waals surface area contributed by atoms with Crippen molar-refractivity contribution in [1.29, 1.82) is 0 Å². The zero-order valence-electron chi connectivity index (χ0n) is 16.0. The van der Waals surface area contributed by atoms with Crippen LogP contribution in [-0.2, 0) is 22.3 Å². The van der Waals surface area contributed by atoms with Crippen molar-refractivity contribution in [2.75, 3.05) is 32.5 Å². The maximum atomic E-state index is 13.2. The first kappa shape index (κ1) is 22.4. The monoisotopic (exact) mass is 411 g/mol. The first-order valence-corrected chi connectivity index (χ1v) is 8.69. The molecule has 2 aromatic rings. The van der Waals surface area contributed by atoms with E-state index >= 15 is 0 Å². The molecule has 0 bridgehead atoms. The smallest absolute Gasteiger partial charge is 0.340 e. The molecule has 0 spiro atoms. The molecule has 0 fully saturated rings. The highest BCUT2D eigenvalue weighted by atomic mass is 19.4. The SMILES string of the molecule is CN(CC(=O)Nc1ccccc1C(F)(F)F)CC(=O)N(C)Cc1cccc(F)c1. The van der Waals surface area contributed by atoms with Gasteiger partial charge in [0.25, 0.3) is 0 Å². The normalized spacial score (nSPS) is 11.4. The van der Waals surface area contributed by atoms with Gasteiger partial charge in [0.2, 0.25) is 11.8 Å². The lowest BCUT2D eigenvalue weighted by molar-refractivity contribution is -0.137. The number of alkyl halides is 3. The second-order valence-electron chi connectivity index (χ2n) is 6.64. The maximum Gasteiger partial charge on any atom is 0.418 e. The van der Waals surface area contributed by atoms with Crippen molar-refractivity contribution in [1.82, 2.24) is 9.80 Å². The fourth-order valence-electron chi connectivity index (χ4n) is 2.68. The quantitative estimate of drug-likeness (QED) is 0.711. The van der Waals surface area contributed by atoms with E-state index in [-0.39, 0.29) is 31.2 Å². The van der Waals surface area contributed by atoms with Gasteiger partial charge in [-0.2, -0.15) is 13.2 Å². The van der Waals surface area contributed by atoms with E-state index < -0.39 is 23.5 Å². The van der Waals surface area contributed by atoms with Gasteiger partial charge in [0.1, 0.15) is 5.82 Å². The molecule has 0 radical (unpaired) electrons. The summed E-state index contributed by atoms with van der Waals surface area (Å²) >= 11 is 0. The molecule has 0 saturated heterocycles. The third kappa shape index (κ3) is 6.86. The highest BCUT2D eigenvalue weighted by Gasteiger charge is 2.33. The number of hydrogen-bond donors (Lipinski definition) is 1. The largest absolute Gasteiger partial charge is 0.418 e. The van der Waals surface area contributed by atoms with Gasteiger partial charge in [-0.15, -0.1) is 0 Å². The van der Waals surface area contributed by atoms with Crippen molar-refractivity contribution in [3.8, 4) is 0 Å². The van der Waals surface area contributed by atoms with Crippen LogP contribution in [-0.4, -0.2) is 48.8 Å². The fourth-order valence-corrected chi connectivity index (χ4v) is 2.68. The van der Waals surface area contributed by atoms with Gasteiger partial charge in [-0.3, -0.25) is 14.5 Å². The molecule has 0 atom stereocenters. The van der Waals surface area contributed by atoms with Crippen molar-refractivity contribution in [3.63, 3.8) is 0 Å². The van der Waals surface area contributed by atoms with Crippen LogP contribution >= 0.6 is 0 Å². The van der Waals surface area contributed by atoms with Crippen LogP contribution in [0.1, 0.15) is 11.1 Å². The van der Waals surface area contributed by atoms with Gasteiger partial charge < -0.3 is 10.2 Å². The molecule has 2 rings (SSSR count). The van der Waals surface area contributed by atoms with E-state index in [1.165, 1.54) is 53.2 Å². The van der Waals surface area contributed by atoms with Crippen molar-refractivity contribution in [2.45, 2.75) is 12.7 Å². The molecular weight excluding hydrogens is 390 g/mol. The van der Waals surface area contributed by atoms with E-state index in [4.69, 9.17) is 0 Å². The summed E-state index contributed by atoms with van der Waals surface area (Å²) in [5.41, 5.74) is -0.667. The molecular formula is C20H21F4N3O2. The van der Waals surface area contributed by atoms with Crippen molar-refractivity contribution >= 4 is 17.5 Å². The first-order chi connectivity index (χ1) is 13.6. The summed E-state index contributed by atoms with van der Waals surface area (Å²) in [4.78, 5) is 27.1. The summed E-state index contributed by atoms with van der Waals surface area (Å²) in [5, 5.41) is 2.23. The van der Waals surface area contributed by atoms with E-state index in [2.05, 4.69) is 5.32 Å². The van der Waals surface area contributed by atoms with E-state index in [0.717, 1.165) is 6.07 Å². The molecule has 0 saturated carbocycles. The lowest BCUT2D eigenvalue weighted by atomic mass is 10.1. The van der Waals surface area contributed by atoms with Gasteiger partial charge in [-0.1, -0.05) is 24.3 Å². The number of hydrogen-bond acceptors (Lipinski definition) is 3. The predicted octanol–water partition coefficient (Wildman–Crippen LogP) is 3.37. The van der Waals surface area contributed by atoms with Crippen LogP contribution in [0.5, 0.6) is 0 Å². The van der Waals surface area contributed by atoms with Crippen molar-refractivity contribution in [2.24, 2.45) is 0 Å². The minimum Gasteiger partial charge on any atom is -0.340 e. The zero-order chi connectivity index (χ0) is 21.6. The Morgan fingerprint density at radius 3 is 2.34 bits per heavy atom. The van der Waals surface area contributed by atoms with E-state index in [0.29, 0.717) is 5.56 Å². The molecule has 0 aromatic heterocycles. The Hall–Kier alpha value is -2.94. The van der Waals surface area contributed by atoms with Gasteiger partial charge in [0.15, 0.2) is 0 Å². The molecule has 0 aliphatic rings. The van der Waals surface area contributed by atoms with Gasteiger partial charge in [0.05, 0.1) is 24.3 Å². The van der Waals surface area contributed by atoms with Crippen LogP contribution in [0.25, 0.3) is 0 Å². The van der Waals surface area contributed by atoms with Gasteiger partial charge in [-0.25, -0.2) is 4.39 Å². The molecule has 0 heterocycles. The minimum absolute atomic E-state index is 0.125. The molecule has 9 heteroatoms.